The van der Waals surface area contributed by atoms with Crippen LogP contribution in [0.4, 0.5) is 16.4 Å². The van der Waals surface area contributed by atoms with Crippen molar-refractivity contribution in [1.82, 2.24) is 20.2 Å². The average Bonchev–Trinajstić information content (AvgIpc) is 3.53. The molecule has 6 rings (SSSR count). The fourth-order valence-corrected chi connectivity index (χ4v) is 6.02. The molecule has 2 atom stereocenters. The molecule has 1 saturated heterocycles. The summed E-state index contributed by atoms with van der Waals surface area (Å²) in [6.07, 6.45) is 6.58. The molecular weight excluding hydrogens is 508 g/mol. The fraction of sp³-hybridized carbons (Fsp3) is 0.324. The van der Waals surface area contributed by atoms with Gasteiger partial charge in [0.15, 0.2) is 0 Å². The van der Waals surface area contributed by atoms with Crippen molar-refractivity contribution < 1.29 is 4.79 Å². The lowest BCUT2D eigenvalue weighted by Crippen LogP contribution is -2.31. The number of nitrogens with one attached hydrogen (secondary N) is 3. The Balaban J connectivity index is 1.11. The normalized spacial score (nSPS) is 16.9. The van der Waals surface area contributed by atoms with E-state index < -0.39 is 0 Å². The highest BCUT2D eigenvalue weighted by molar-refractivity contribution is 5.89. The number of benzene rings is 3. The van der Waals surface area contributed by atoms with E-state index in [0.29, 0.717) is 5.95 Å². The van der Waals surface area contributed by atoms with Gasteiger partial charge in [0.05, 0.1) is 11.7 Å². The van der Waals surface area contributed by atoms with Crippen LogP contribution >= 0.6 is 0 Å². The van der Waals surface area contributed by atoms with Gasteiger partial charge < -0.3 is 20.9 Å². The Morgan fingerprint density at radius 1 is 0.976 bits per heavy atom. The Labute approximate surface area is 242 Å². The second kappa shape index (κ2) is 12.5. The summed E-state index contributed by atoms with van der Waals surface area (Å²) < 4.78 is 0. The van der Waals surface area contributed by atoms with Crippen molar-refractivity contribution in [3.8, 4) is 11.3 Å². The second-order valence-corrected chi connectivity index (χ2v) is 11.1. The Hall–Kier alpha value is -4.23. The number of amides is 2. The van der Waals surface area contributed by atoms with Crippen molar-refractivity contribution in [2.75, 3.05) is 36.8 Å². The summed E-state index contributed by atoms with van der Waals surface area (Å²) in [5, 5.41) is 9.43. The third-order valence-electron chi connectivity index (χ3n) is 8.23. The average molecular weight is 547 g/mol. The minimum absolute atomic E-state index is 0.0813. The van der Waals surface area contributed by atoms with Crippen LogP contribution in [0, 0.1) is 0 Å². The van der Waals surface area contributed by atoms with E-state index in [4.69, 9.17) is 4.98 Å². The molecule has 7 nitrogen and oxygen atoms in total. The van der Waals surface area contributed by atoms with Crippen molar-refractivity contribution in [3.05, 3.63) is 107 Å². The predicted octanol–water partition coefficient (Wildman–Crippen LogP) is 6.61. The number of hydrogen-bond donors (Lipinski definition) is 3. The van der Waals surface area contributed by atoms with Gasteiger partial charge in [-0.1, -0.05) is 66.7 Å². The molecule has 2 heterocycles. The molecule has 1 fully saturated rings. The number of nitrogens with zero attached hydrogens (tertiary/aromatic N) is 3. The van der Waals surface area contributed by atoms with Crippen molar-refractivity contribution >= 4 is 17.7 Å². The van der Waals surface area contributed by atoms with Crippen LogP contribution in [-0.2, 0) is 6.42 Å². The fourth-order valence-electron chi connectivity index (χ4n) is 6.02. The van der Waals surface area contributed by atoms with Gasteiger partial charge in [-0.05, 0) is 86.6 Å². The van der Waals surface area contributed by atoms with Crippen LogP contribution in [0.5, 0.6) is 0 Å². The third kappa shape index (κ3) is 6.41. The summed E-state index contributed by atoms with van der Waals surface area (Å²) in [4.78, 5) is 24.8. The monoisotopic (exact) mass is 546 g/mol. The lowest BCUT2D eigenvalue weighted by atomic mass is 9.78. The number of anilines is 2. The zero-order chi connectivity index (χ0) is 28.0. The van der Waals surface area contributed by atoms with Crippen molar-refractivity contribution in [1.29, 1.82) is 0 Å². The first-order valence-corrected chi connectivity index (χ1v) is 14.8. The molecule has 1 aromatic heterocycles. The highest BCUT2D eigenvalue weighted by Crippen LogP contribution is 2.42. The molecule has 4 aromatic rings. The summed E-state index contributed by atoms with van der Waals surface area (Å²) in [6, 6.07) is 26.4. The number of likely N-dealkylation sites (tertiary alicyclic amines) is 1. The molecule has 0 radical (unpaired) electrons. The smallest absolute Gasteiger partial charge is 0.319 e. The van der Waals surface area contributed by atoms with E-state index in [9.17, 15) is 4.79 Å². The number of rotatable bonds is 9. The number of carbonyl (C=O) groups is 1. The van der Waals surface area contributed by atoms with Gasteiger partial charge in [0.25, 0.3) is 0 Å². The molecule has 3 aromatic carbocycles. The zero-order valence-electron chi connectivity index (χ0n) is 23.6. The van der Waals surface area contributed by atoms with E-state index in [1.165, 1.54) is 37.1 Å². The largest absolute Gasteiger partial charge is 0.354 e. The Kier molecular flexibility index (Phi) is 8.23. The lowest BCUT2D eigenvalue weighted by Gasteiger charge is -2.27. The molecule has 1 aliphatic heterocycles. The number of carbonyl (C=O) groups excluding carboxylic acids is 1. The number of urea groups is 1. The van der Waals surface area contributed by atoms with E-state index in [1.807, 2.05) is 55.6 Å². The Morgan fingerprint density at radius 3 is 2.54 bits per heavy atom. The topological polar surface area (TPSA) is 82.2 Å². The van der Waals surface area contributed by atoms with Crippen molar-refractivity contribution in [3.63, 3.8) is 0 Å². The first-order chi connectivity index (χ1) is 20.1. The van der Waals surface area contributed by atoms with Gasteiger partial charge in [-0.2, -0.15) is 0 Å². The van der Waals surface area contributed by atoms with Crippen molar-refractivity contribution in [2.45, 2.75) is 44.6 Å². The lowest BCUT2D eigenvalue weighted by molar-refractivity contribution is 0.249. The van der Waals surface area contributed by atoms with Crippen LogP contribution in [0.3, 0.4) is 0 Å². The van der Waals surface area contributed by atoms with Gasteiger partial charge in [-0.25, -0.2) is 14.8 Å². The first kappa shape index (κ1) is 27.0. The summed E-state index contributed by atoms with van der Waals surface area (Å²) in [7, 11) is 0. The van der Waals surface area contributed by atoms with E-state index in [2.05, 4.69) is 62.2 Å². The van der Waals surface area contributed by atoms with Gasteiger partial charge in [-0.3, -0.25) is 0 Å². The van der Waals surface area contributed by atoms with Crippen LogP contribution in [-0.4, -0.2) is 47.1 Å². The molecule has 2 amide bonds. The Morgan fingerprint density at radius 2 is 1.73 bits per heavy atom. The van der Waals surface area contributed by atoms with Crippen LogP contribution in [0.25, 0.3) is 11.3 Å². The third-order valence-corrected chi connectivity index (χ3v) is 8.23. The van der Waals surface area contributed by atoms with Crippen LogP contribution in [0.2, 0.25) is 0 Å². The summed E-state index contributed by atoms with van der Waals surface area (Å²) in [5.74, 6) is 0.899. The minimum Gasteiger partial charge on any atom is -0.354 e. The number of hydrogen-bond acceptors (Lipinski definition) is 5. The van der Waals surface area contributed by atoms with Crippen LogP contribution in [0.15, 0.2) is 85.1 Å². The molecule has 0 saturated carbocycles. The van der Waals surface area contributed by atoms with E-state index >= 15 is 0 Å². The molecule has 1 unspecified atom stereocenters. The number of aromatic nitrogens is 2. The molecule has 0 bridgehead atoms. The maximum absolute atomic E-state index is 12.6. The molecule has 0 spiro atoms. The predicted molar refractivity (Wildman–Crippen MR) is 165 cm³/mol. The first-order valence-electron chi connectivity index (χ1n) is 14.8. The van der Waals surface area contributed by atoms with Crippen LogP contribution in [0.1, 0.15) is 60.4 Å². The van der Waals surface area contributed by atoms with Gasteiger partial charge in [0.2, 0.25) is 5.95 Å². The van der Waals surface area contributed by atoms with Gasteiger partial charge in [0, 0.05) is 29.9 Å². The molecule has 41 heavy (non-hydrogen) atoms. The SMILES string of the molecule is C[C@@H](NC(=O)Nc1ccc(C2Cc3cnc(NCCCN4CCCC4)nc3-c3ccccc32)cc1)c1ccccc1. The van der Waals surface area contributed by atoms with Crippen LogP contribution < -0.4 is 16.0 Å². The quantitative estimate of drug-likeness (QED) is 0.206. The summed E-state index contributed by atoms with van der Waals surface area (Å²) >= 11 is 0. The molecule has 2 aliphatic rings. The molecule has 3 N–H and O–H groups in total. The number of fused-ring (bicyclic) bond motifs is 3. The van der Waals surface area contributed by atoms with Gasteiger partial charge >= 0.3 is 6.03 Å². The van der Waals surface area contributed by atoms with Crippen molar-refractivity contribution in [2.24, 2.45) is 0 Å². The van der Waals surface area contributed by atoms with E-state index in [0.717, 1.165) is 54.0 Å². The molecule has 1 aliphatic carbocycles. The maximum atomic E-state index is 12.6. The molecule has 210 valence electrons. The van der Waals surface area contributed by atoms with Gasteiger partial charge in [0.1, 0.15) is 0 Å². The van der Waals surface area contributed by atoms with E-state index in [-0.39, 0.29) is 18.0 Å². The zero-order valence-corrected chi connectivity index (χ0v) is 23.6. The van der Waals surface area contributed by atoms with E-state index in [1.54, 1.807) is 0 Å². The minimum atomic E-state index is -0.219. The van der Waals surface area contributed by atoms with Gasteiger partial charge in [-0.15, -0.1) is 0 Å². The summed E-state index contributed by atoms with van der Waals surface area (Å²) in [5.41, 5.74) is 7.66. The standard InChI is InChI=1S/C34H38N6O/c1-24(25-10-3-2-4-11-25)37-34(41)38-28-16-14-26(15-17-28)31-22-27-23-36-33(35-18-9-21-40-19-7-8-20-40)39-32(27)30-13-6-5-12-29(30)31/h2-6,10-17,23-24,31H,7-9,18-22H2,1H3,(H,35,36,39)(H2,37,38,41)/t24-,31?/m1/s1. The Bertz CT molecular complexity index is 1470. The highest BCUT2D eigenvalue weighted by Gasteiger charge is 2.27. The highest BCUT2D eigenvalue weighted by atomic mass is 16.2. The summed E-state index contributed by atoms with van der Waals surface area (Å²) in [6.45, 7) is 6.46. The maximum Gasteiger partial charge on any atom is 0.319 e. The molecular formula is C34H38N6O. The molecule has 7 heteroatoms. The second-order valence-electron chi connectivity index (χ2n) is 11.1.